The molecule has 0 saturated carbocycles. The van der Waals surface area contributed by atoms with Gasteiger partial charge in [-0.1, -0.05) is 0 Å². The summed E-state index contributed by atoms with van der Waals surface area (Å²) >= 11 is 0. The molecule has 0 aliphatic heterocycles. The van der Waals surface area contributed by atoms with E-state index in [4.69, 9.17) is 5.11 Å². The van der Waals surface area contributed by atoms with Gasteiger partial charge in [-0.25, -0.2) is 13.6 Å². The maximum atomic E-state index is 13.3. The number of carbonyl (C=O) groups is 1. The lowest BCUT2D eigenvalue weighted by Crippen LogP contribution is -2.13. The summed E-state index contributed by atoms with van der Waals surface area (Å²) in [5.74, 6) is -3.87. The summed E-state index contributed by atoms with van der Waals surface area (Å²) in [6.45, 7) is 0. The van der Waals surface area contributed by atoms with Crippen molar-refractivity contribution in [3.05, 3.63) is 47.7 Å². The summed E-state index contributed by atoms with van der Waals surface area (Å²) in [6.07, 6.45) is 0. The lowest BCUT2D eigenvalue weighted by atomic mass is 10.3. The molecule has 2 N–H and O–H groups in total. The topological polar surface area (TPSA) is 96.6 Å². The van der Waals surface area contributed by atoms with E-state index in [1.807, 2.05) is 0 Å². The Morgan fingerprint density at radius 2 is 1.90 bits per heavy atom. The molecule has 0 aliphatic rings. The number of hydrogen-bond acceptors (Lipinski definition) is 4. The highest BCUT2D eigenvalue weighted by Crippen LogP contribution is 2.21. The summed E-state index contributed by atoms with van der Waals surface area (Å²) in [5, 5.41) is 7.89. The van der Waals surface area contributed by atoms with E-state index in [2.05, 4.69) is 4.42 Å². The van der Waals surface area contributed by atoms with Gasteiger partial charge in [-0.2, -0.15) is 8.42 Å². The van der Waals surface area contributed by atoms with Crippen LogP contribution in [0.4, 0.5) is 14.5 Å². The molecule has 1 heterocycles. The van der Waals surface area contributed by atoms with Crippen molar-refractivity contribution >= 4 is 21.7 Å². The van der Waals surface area contributed by atoms with Crippen molar-refractivity contribution in [2.24, 2.45) is 0 Å². The molecule has 1 aromatic heterocycles. The van der Waals surface area contributed by atoms with Crippen LogP contribution in [-0.2, 0) is 10.0 Å². The van der Waals surface area contributed by atoms with Crippen LogP contribution in [-0.4, -0.2) is 19.5 Å². The Morgan fingerprint density at radius 3 is 2.50 bits per heavy atom. The summed E-state index contributed by atoms with van der Waals surface area (Å²) in [7, 11) is -4.35. The Morgan fingerprint density at radius 1 is 1.20 bits per heavy atom. The molecule has 20 heavy (non-hydrogen) atoms. The van der Waals surface area contributed by atoms with Crippen molar-refractivity contribution in [2.75, 3.05) is 4.72 Å². The summed E-state index contributed by atoms with van der Waals surface area (Å²) < 4.78 is 56.2. The molecule has 0 spiro atoms. The number of nitrogens with one attached hydrogen (secondary N) is 1. The Bertz CT molecular complexity index is 769. The minimum atomic E-state index is -4.35. The molecular weight excluding hydrogens is 296 g/mol. The van der Waals surface area contributed by atoms with Crippen molar-refractivity contribution in [3.8, 4) is 0 Å². The molecule has 0 saturated heterocycles. The fraction of sp³-hybridized carbons (Fsp3) is 0. The maximum absolute atomic E-state index is 13.3. The first-order chi connectivity index (χ1) is 9.29. The molecule has 6 nitrogen and oxygen atoms in total. The first-order valence-corrected chi connectivity index (χ1v) is 6.59. The molecule has 9 heteroatoms. The van der Waals surface area contributed by atoms with Crippen molar-refractivity contribution in [2.45, 2.75) is 5.09 Å². The second-order valence-corrected chi connectivity index (χ2v) is 5.27. The van der Waals surface area contributed by atoms with Gasteiger partial charge in [0.15, 0.2) is 0 Å². The van der Waals surface area contributed by atoms with E-state index >= 15 is 0 Å². The number of rotatable bonds is 4. The standard InChI is InChI=1S/C11H7F2NO5S/c12-6-1-2-7(13)8(5-6)14-20(17,18)10-4-3-9(19-10)11(15)16/h1-5,14H,(H,15,16). The third kappa shape index (κ3) is 2.77. The predicted molar refractivity (Wildman–Crippen MR) is 62.8 cm³/mol. The second-order valence-electron chi connectivity index (χ2n) is 3.65. The van der Waals surface area contributed by atoms with Gasteiger partial charge < -0.3 is 9.52 Å². The zero-order chi connectivity index (χ0) is 14.9. The number of benzene rings is 1. The van der Waals surface area contributed by atoms with Crippen molar-refractivity contribution < 1.29 is 31.5 Å². The number of furan rings is 1. The highest BCUT2D eigenvalue weighted by Gasteiger charge is 2.22. The number of hydrogen-bond donors (Lipinski definition) is 2. The molecule has 0 amide bonds. The number of halogens is 2. The quantitative estimate of drug-likeness (QED) is 0.901. The van der Waals surface area contributed by atoms with Gasteiger partial charge in [0.05, 0.1) is 5.69 Å². The van der Waals surface area contributed by atoms with Gasteiger partial charge in [0.1, 0.15) is 11.6 Å². The smallest absolute Gasteiger partial charge is 0.371 e. The van der Waals surface area contributed by atoms with Gasteiger partial charge in [-0.05, 0) is 24.3 Å². The van der Waals surface area contributed by atoms with Crippen LogP contribution in [0.3, 0.4) is 0 Å². The van der Waals surface area contributed by atoms with Gasteiger partial charge in [-0.3, -0.25) is 4.72 Å². The molecule has 2 aromatic rings. The van der Waals surface area contributed by atoms with Gasteiger partial charge in [-0.15, -0.1) is 0 Å². The Balaban J connectivity index is 2.35. The van der Waals surface area contributed by atoms with E-state index in [1.165, 1.54) is 0 Å². The Hall–Kier alpha value is -2.42. The van der Waals surface area contributed by atoms with Crippen LogP contribution in [0.5, 0.6) is 0 Å². The average molecular weight is 303 g/mol. The number of aromatic carboxylic acids is 1. The van der Waals surface area contributed by atoms with Crippen LogP contribution in [0.15, 0.2) is 39.8 Å². The van der Waals surface area contributed by atoms with Crippen molar-refractivity contribution in [1.82, 2.24) is 0 Å². The number of anilines is 1. The van der Waals surface area contributed by atoms with E-state index in [1.54, 1.807) is 4.72 Å². The third-order valence-electron chi connectivity index (χ3n) is 2.23. The van der Waals surface area contributed by atoms with Crippen molar-refractivity contribution in [3.63, 3.8) is 0 Å². The minimum Gasteiger partial charge on any atom is -0.475 e. The van der Waals surface area contributed by atoms with E-state index < -0.39 is 44.2 Å². The van der Waals surface area contributed by atoms with Crippen LogP contribution < -0.4 is 4.72 Å². The second kappa shape index (κ2) is 4.93. The molecule has 0 atom stereocenters. The first kappa shape index (κ1) is 14.0. The molecule has 106 valence electrons. The lowest BCUT2D eigenvalue weighted by Gasteiger charge is -2.06. The normalized spacial score (nSPS) is 11.3. The van der Waals surface area contributed by atoms with Crippen LogP contribution in [0.2, 0.25) is 0 Å². The third-order valence-corrected chi connectivity index (χ3v) is 3.47. The molecule has 2 rings (SSSR count). The van der Waals surface area contributed by atoms with Gasteiger partial charge in [0, 0.05) is 6.07 Å². The SMILES string of the molecule is O=C(O)c1ccc(S(=O)(=O)Nc2cc(F)ccc2F)o1. The molecular formula is C11H7F2NO5S. The van der Waals surface area contributed by atoms with Crippen molar-refractivity contribution in [1.29, 1.82) is 0 Å². The summed E-state index contributed by atoms with van der Waals surface area (Å²) in [4.78, 5) is 10.6. The highest BCUT2D eigenvalue weighted by atomic mass is 32.2. The van der Waals surface area contributed by atoms with E-state index in [0.717, 1.165) is 24.3 Å². The molecule has 1 aromatic carbocycles. The Kier molecular flexibility index (Phi) is 3.45. The molecule has 0 radical (unpaired) electrons. The maximum Gasteiger partial charge on any atom is 0.371 e. The number of carboxylic acid groups (broad SMARTS) is 1. The highest BCUT2D eigenvalue weighted by molar-refractivity contribution is 7.92. The summed E-state index contributed by atoms with van der Waals surface area (Å²) in [6, 6.07) is 4.04. The van der Waals surface area contributed by atoms with Gasteiger partial charge in [0.25, 0.3) is 10.0 Å². The van der Waals surface area contributed by atoms with Crippen LogP contribution in [0.1, 0.15) is 10.6 Å². The van der Waals surface area contributed by atoms with E-state index in [0.29, 0.717) is 6.07 Å². The monoisotopic (exact) mass is 303 g/mol. The molecule has 0 bridgehead atoms. The van der Waals surface area contributed by atoms with Gasteiger partial charge in [0.2, 0.25) is 10.9 Å². The summed E-state index contributed by atoms with van der Waals surface area (Å²) in [5.41, 5.74) is -0.613. The lowest BCUT2D eigenvalue weighted by molar-refractivity contribution is 0.0656. The first-order valence-electron chi connectivity index (χ1n) is 5.10. The van der Waals surface area contributed by atoms with Crippen LogP contribution in [0, 0.1) is 11.6 Å². The zero-order valence-electron chi connectivity index (χ0n) is 9.63. The minimum absolute atomic E-state index is 0.593. The fourth-order valence-electron chi connectivity index (χ4n) is 1.35. The van der Waals surface area contributed by atoms with Gasteiger partial charge >= 0.3 is 5.97 Å². The molecule has 0 unspecified atom stereocenters. The van der Waals surface area contributed by atoms with Crippen LogP contribution >= 0.6 is 0 Å². The molecule has 0 aliphatic carbocycles. The average Bonchev–Trinajstić information content (AvgIpc) is 2.84. The zero-order valence-corrected chi connectivity index (χ0v) is 10.4. The number of sulfonamides is 1. The largest absolute Gasteiger partial charge is 0.475 e. The predicted octanol–water partition coefficient (Wildman–Crippen LogP) is 2.06. The van der Waals surface area contributed by atoms with E-state index in [9.17, 15) is 22.0 Å². The van der Waals surface area contributed by atoms with E-state index in [-0.39, 0.29) is 0 Å². The fourth-order valence-corrected chi connectivity index (χ4v) is 2.34. The van der Waals surface area contributed by atoms with Crippen LogP contribution in [0.25, 0.3) is 0 Å². The number of carboxylic acids is 1. The Labute approximate surface area is 111 Å². The molecule has 0 fully saturated rings.